The van der Waals surface area contributed by atoms with Gasteiger partial charge in [-0.15, -0.1) is 0 Å². The Bertz CT molecular complexity index is 679. The third-order valence-corrected chi connectivity index (χ3v) is 3.60. The molecule has 0 aliphatic carbocycles. The van der Waals surface area contributed by atoms with Crippen LogP contribution in [0.5, 0.6) is 0 Å². The predicted octanol–water partition coefficient (Wildman–Crippen LogP) is 4.02. The van der Waals surface area contributed by atoms with Crippen molar-refractivity contribution in [3.05, 3.63) is 70.0 Å². The van der Waals surface area contributed by atoms with E-state index < -0.39 is 5.82 Å². The summed E-state index contributed by atoms with van der Waals surface area (Å²) in [5.74, 6) is -0.769. The lowest BCUT2D eigenvalue weighted by Gasteiger charge is -2.19. The van der Waals surface area contributed by atoms with Crippen molar-refractivity contribution in [2.75, 3.05) is 7.05 Å². The zero-order valence-electron chi connectivity index (χ0n) is 12.9. The van der Waals surface area contributed by atoms with Crippen LogP contribution in [0.2, 0.25) is 0 Å². The van der Waals surface area contributed by atoms with Crippen molar-refractivity contribution in [1.82, 2.24) is 4.90 Å². The maximum Gasteiger partial charge on any atom is 0.256 e. The van der Waals surface area contributed by atoms with Crippen molar-refractivity contribution in [2.45, 2.75) is 27.3 Å². The predicted molar refractivity (Wildman–Crippen MR) is 82.9 cm³/mol. The Morgan fingerprint density at radius 3 is 2.33 bits per heavy atom. The minimum Gasteiger partial charge on any atom is -0.337 e. The second kappa shape index (κ2) is 6.08. The van der Waals surface area contributed by atoms with E-state index in [4.69, 9.17) is 0 Å². The van der Waals surface area contributed by atoms with Gasteiger partial charge in [-0.3, -0.25) is 4.79 Å². The van der Waals surface area contributed by atoms with Gasteiger partial charge < -0.3 is 4.90 Å². The first-order valence-corrected chi connectivity index (χ1v) is 6.96. The van der Waals surface area contributed by atoms with E-state index in [-0.39, 0.29) is 11.5 Å². The lowest BCUT2D eigenvalue weighted by Crippen LogP contribution is -2.27. The molecule has 1 amide bonds. The molecular weight excluding hydrogens is 265 g/mol. The van der Waals surface area contributed by atoms with E-state index in [0.29, 0.717) is 6.54 Å². The molecule has 0 unspecified atom stereocenters. The molecule has 0 radical (unpaired) electrons. The van der Waals surface area contributed by atoms with Crippen LogP contribution in [0.15, 0.2) is 36.4 Å². The second-order valence-corrected chi connectivity index (χ2v) is 5.57. The van der Waals surface area contributed by atoms with Gasteiger partial charge in [0, 0.05) is 13.6 Å². The zero-order valence-corrected chi connectivity index (χ0v) is 12.9. The van der Waals surface area contributed by atoms with Crippen LogP contribution in [0.4, 0.5) is 4.39 Å². The van der Waals surface area contributed by atoms with Gasteiger partial charge >= 0.3 is 0 Å². The third kappa shape index (κ3) is 3.48. The number of aryl methyl sites for hydroxylation is 3. The van der Waals surface area contributed by atoms with Crippen molar-refractivity contribution in [2.24, 2.45) is 0 Å². The molecule has 2 aromatic carbocycles. The lowest BCUT2D eigenvalue weighted by molar-refractivity contribution is 0.0780. The van der Waals surface area contributed by atoms with Gasteiger partial charge in [-0.05, 0) is 44.0 Å². The molecule has 110 valence electrons. The smallest absolute Gasteiger partial charge is 0.256 e. The van der Waals surface area contributed by atoms with Crippen molar-refractivity contribution in [3.8, 4) is 0 Å². The fourth-order valence-electron chi connectivity index (χ4n) is 2.36. The van der Waals surface area contributed by atoms with E-state index in [1.807, 2.05) is 32.9 Å². The monoisotopic (exact) mass is 285 g/mol. The molecule has 2 aromatic rings. The van der Waals surface area contributed by atoms with Crippen LogP contribution in [-0.4, -0.2) is 17.9 Å². The van der Waals surface area contributed by atoms with Gasteiger partial charge in [0.15, 0.2) is 0 Å². The largest absolute Gasteiger partial charge is 0.337 e. The van der Waals surface area contributed by atoms with E-state index >= 15 is 0 Å². The number of hydrogen-bond acceptors (Lipinski definition) is 1. The minimum absolute atomic E-state index is 0.127. The van der Waals surface area contributed by atoms with Crippen LogP contribution < -0.4 is 0 Å². The Morgan fingerprint density at radius 1 is 1.05 bits per heavy atom. The number of halogens is 1. The second-order valence-electron chi connectivity index (χ2n) is 5.57. The number of hydrogen-bond donors (Lipinski definition) is 0. The molecule has 2 rings (SSSR count). The Labute approximate surface area is 125 Å². The molecule has 3 heteroatoms. The molecule has 0 aromatic heterocycles. The molecule has 2 nitrogen and oxygen atoms in total. The molecular formula is C18H20FNO. The standard InChI is InChI=1S/C18H20FNO/c1-12-5-7-15(14(3)9-12)11-20(4)18(21)16-10-13(2)6-8-17(16)19/h5-10H,11H2,1-4H3. The molecule has 0 atom stereocenters. The van der Waals surface area contributed by atoms with Crippen LogP contribution in [0.3, 0.4) is 0 Å². The van der Waals surface area contributed by atoms with E-state index in [9.17, 15) is 9.18 Å². The first-order chi connectivity index (χ1) is 9.88. The summed E-state index contributed by atoms with van der Waals surface area (Å²) in [5.41, 5.74) is 4.40. The molecule has 0 fully saturated rings. The van der Waals surface area contributed by atoms with Crippen LogP contribution in [0.1, 0.15) is 32.6 Å². The molecule has 21 heavy (non-hydrogen) atoms. The summed E-state index contributed by atoms with van der Waals surface area (Å²) in [6, 6.07) is 10.7. The molecule has 0 aliphatic rings. The highest BCUT2D eigenvalue weighted by Crippen LogP contribution is 2.16. The average Bonchev–Trinajstić information content (AvgIpc) is 2.43. The summed E-state index contributed by atoms with van der Waals surface area (Å²) in [7, 11) is 1.70. The first kappa shape index (κ1) is 15.2. The van der Waals surface area contributed by atoms with Gasteiger partial charge in [0.2, 0.25) is 0 Å². The van der Waals surface area contributed by atoms with E-state index in [2.05, 4.69) is 6.07 Å². The quantitative estimate of drug-likeness (QED) is 0.834. The van der Waals surface area contributed by atoms with Crippen molar-refractivity contribution < 1.29 is 9.18 Å². The average molecular weight is 285 g/mol. The molecule has 0 N–H and O–H groups in total. The van der Waals surface area contributed by atoms with Gasteiger partial charge in [-0.2, -0.15) is 0 Å². The summed E-state index contributed by atoms with van der Waals surface area (Å²) in [5, 5.41) is 0. The topological polar surface area (TPSA) is 20.3 Å². The number of nitrogens with zero attached hydrogens (tertiary/aromatic N) is 1. The van der Waals surface area contributed by atoms with Crippen LogP contribution >= 0.6 is 0 Å². The molecule has 0 aliphatic heterocycles. The molecule has 0 heterocycles. The minimum atomic E-state index is -0.474. The highest BCUT2D eigenvalue weighted by atomic mass is 19.1. The lowest BCUT2D eigenvalue weighted by atomic mass is 10.0. The normalized spacial score (nSPS) is 10.5. The maximum absolute atomic E-state index is 13.8. The van der Waals surface area contributed by atoms with Crippen LogP contribution in [0.25, 0.3) is 0 Å². The van der Waals surface area contributed by atoms with Crippen molar-refractivity contribution in [1.29, 1.82) is 0 Å². The zero-order chi connectivity index (χ0) is 15.6. The number of amides is 1. The Kier molecular flexibility index (Phi) is 4.41. The van der Waals surface area contributed by atoms with Crippen molar-refractivity contribution in [3.63, 3.8) is 0 Å². The maximum atomic E-state index is 13.8. The molecule has 0 spiro atoms. The fourth-order valence-corrected chi connectivity index (χ4v) is 2.36. The van der Waals surface area contributed by atoms with Crippen LogP contribution in [0, 0.1) is 26.6 Å². The van der Waals surface area contributed by atoms with Crippen molar-refractivity contribution >= 4 is 5.91 Å². The van der Waals surface area contributed by atoms with E-state index in [1.54, 1.807) is 24.1 Å². The van der Waals surface area contributed by atoms with Gasteiger partial charge in [-0.25, -0.2) is 4.39 Å². The Hall–Kier alpha value is -2.16. The van der Waals surface area contributed by atoms with E-state index in [0.717, 1.165) is 16.7 Å². The van der Waals surface area contributed by atoms with Gasteiger partial charge in [0.05, 0.1) is 5.56 Å². The Balaban J connectivity index is 2.21. The highest BCUT2D eigenvalue weighted by Gasteiger charge is 2.17. The van der Waals surface area contributed by atoms with E-state index in [1.165, 1.54) is 11.6 Å². The summed E-state index contributed by atoms with van der Waals surface area (Å²) in [6.45, 7) is 6.38. The molecule has 0 bridgehead atoms. The number of benzene rings is 2. The summed E-state index contributed by atoms with van der Waals surface area (Å²) in [6.07, 6.45) is 0. The van der Waals surface area contributed by atoms with Crippen LogP contribution in [-0.2, 0) is 6.54 Å². The number of carbonyl (C=O) groups excluding carboxylic acids is 1. The SMILES string of the molecule is Cc1ccc(CN(C)C(=O)c2cc(C)ccc2F)c(C)c1. The summed E-state index contributed by atoms with van der Waals surface area (Å²) >= 11 is 0. The van der Waals surface area contributed by atoms with Gasteiger partial charge in [-0.1, -0.05) is 35.4 Å². The summed E-state index contributed by atoms with van der Waals surface area (Å²) < 4.78 is 13.8. The number of carbonyl (C=O) groups is 1. The van der Waals surface area contributed by atoms with Gasteiger partial charge in [0.1, 0.15) is 5.82 Å². The Morgan fingerprint density at radius 2 is 1.67 bits per heavy atom. The highest BCUT2D eigenvalue weighted by molar-refractivity contribution is 5.94. The fraction of sp³-hybridized carbons (Fsp3) is 0.278. The summed E-state index contributed by atoms with van der Waals surface area (Å²) in [4.78, 5) is 13.9. The molecule has 0 saturated carbocycles. The van der Waals surface area contributed by atoms with Gasteiger partial charge in [0.25, 0.3) is 5.91 Å². The molecule has 0 saturated heterocycles. The third-order valence-electron chi connectivity index (χ3n) is 3.60. The number of rotatable bonds is 3. The first-order valence-electron chi connectivity index (χ1n) is 6.96.